The van der Waals surface area contributed by atoms with Crippen molar-refractivity contribution in [2.75, 3.05) is 0 Å². The van der Waals surface area contributed by atoms with Crippen molar-refractivity contribution >= 4 is 28.5 Å². The molecule has 1 heterocycles. The van der Waals surface area contributed by atoms with Crippen molar-refractivity contribution < 1.29 is 9.90 Å². The van der Waals surface area contributed by atoms with E-state index in [1.54, 1.807) is 0 Å². The van der Waals surface area contributed by atoms with E-state index in [4.69, 9.17) is 16.7 Å². The minimum atomic E-state index is -0.815. The van der Waals surface area contributed by atoms with Gasteiger partial charge < -0.3 is 9.67 Å². The van der Waals surface area contributed by atoms with Crippen molar-refractivity contribution in [3.63, 3.8) is 0 Å². The summed E-state index contributed by atoms with van der Waals surface area (Å²) in [5, 5.41) is 10.7. The van der Waals surface area contributed by atoms with Crippen LogP contribution in [0.5, 0.6) is 0 Å². The normalized spacial score (nSPS) is 10.9. The highest BCUT2D eigenvalue weighted by Gasteiger charge is 2.11. The SMILES string of the molecule is O=C(O)Cc1cn(Cc2ccc(Cl)cc2)c2ccccc12. The van der Waals surface area contributed by atoms with Crippen LogP contribution in [-0.2, 0) is 17.8 Å². The summed E-state index contributed by atoms with van der Waals surface area (Å²) >= 11 is 5.90. The number of nitrogens with zero attached hydrogens (tertiary/aromatic N) is 1. The highest BCUT2D eigenvalue weighted by atomic mass is 35.5. The first-order valence-electron chi connectivity index (χ1n) is 6.66. The van der Waals surface area contributed by atoms with Gasteiger partial charge in [-0.15, -0.1) is 0 Å². The molecule has 1 aromatic heterocycles. The lowest BCUT2D eigenvalue weighted by atomic mass is 10.1. The first-order chi connectivity index (χ1) is 10.1. The number of halogens is 1. The van der Waals surface area contributed by atoms with Gasteiger partial charge in [-0.3, -0.25) is 4.79 Å². The average Bonchev–Trinajstić information content (AvgIpc) is 2.79. The number of para-hydroxylation sites is 1. The molecule has 0 radical (unpaired) electrons. The molecule has 0 spiro atoms. The molecule has 3 rings (SSSR count). The Kier molecular flexibility index (Phi) is 3.67. The standard InChI is InChI=1S/C17H14ClNO2/c18-14-7-5-12(6-8-14)10-19-11-13(9-17(20)21)15-3-1-2-4-16(15)19/h1-8,11H,9-10H2,(H,20,21). The molecule has 0 aliphatic heterocycles. The molecule has 0 atom stereocenters. The van der Waals surface area contributed by atoms with Gasteiger partial charge in [-0.25, -0.2) is 0 Å². The van der Waals surface area contributed by atoms with Crippen molar-refractivity contribution in [2.24, 2.45) is 0 Å². The molecule has 106 valence electrons. The smallest absolute Gasteiger partial charge is 0.307 e. The van der Waals surface area contributed by atoms with Crippen LogP contribution in [0, 0.1) is 0 Å². The average molecular weight is 300 g/mol. The fourth-order valence-electron chi connectivity index (χ4n) is 2.54. The van der Waals surface area contributed by atoms with Gasteiger partial charge >= 0.3 is 5.97 Å². The van der Waals surface area contributed by atoms with Crippen LogP contribution in [0.4, 0.5) is 0 Å². The van der Waals surface area contributed by atoms with E-state index in [2.05, 4.69) is 4.57 Å². The molecule has 0 amide bonds. The van der Waals surface area contributed by atoms with E-state index in [-0.39, 0.29) is 6.42 Å². The number of carboxylic acids is 1. The number of aromatic nitrogens is 1. The highest BCUT2D eigenvalue weighted by Crippen LogP contribution is 2.23. The number of benzene rings is 2. The van der Waals surface area contributed by atoms with E-state index >= 15 is 0 Å². The van der Waals surface area contributed by atoms with Gasteiger partial charge in [-0.2, -0.15) is 0 Å². The summed E-state index contributed by atoms with van der Waals surface area (Å²) in [5.74, 6) is -0.815. The number of rotatable bonds is 4. The van der Waals surface area contributed by atoms with E-state index < -0.39 is 5.97 Å². The number of hydrogen-bond donors (Lipinski definition) is 1. The van der Waals surface area contributed by atoms with E-state index in [1.165, 1.54) is 0 Å². The Balaban J connectivity index is 2.01. The van der Waals surface area contributed by atoms with Crippen LogP contribution in [0.25, 0.3) is 10.9 Å². The second kappa shape index (κ2) is 5.62. The molecule has 0 aliphatic carbocycles. The monoisotopic (exact) mass is 299 g/mol. The Morgan fingerprint density at radius 1 is 1.10 bits per heavy atom. The molecule has 3 aromatic rings. The van der Waals surface area contributed by atoms with E-state index in [1.807, 2.05) is 54.7 Å². The van der Waals surface area contributed by atoms with Gasteiger partial charge in [-0.1, -0.05) is 41.9 Å². The minimum Gasteiger partial charge on any atom is -0.481 e. The maximum atomic E-state index is 11.0. The molecular formula is C17H14ClNO2. The molecule has 0 aliphatic rings. The van der Waals surface area contributed by atoms with E-state index in [9.17, 15) is 4.79 Å². The summed E-state index contributed by atoms with van der Waals surface area (Å²) in [7, 11) is 0. The van der Waals surface area contributed by atoms with Crippen LogP contribution >= 0.6 is 11.6 Å². The van der Waals surface area contributed by atoms with Crippen LogP contribution in [0.2, 0.25) is 5.02 Å². The van der Waals surface area contributed by atoms with Crippen molar-refractivity contribution in [3.8, 4) is 0 Å². The lowest BCUT2D eigenvalue weighted by Gasteiger charge is -2.05. The number of aliphatic carboxylic acids is 1. The third-order valence-electron chi connectivity index (χ3n) is 3.48. The second-order valence-electron chi connectivity index (χ2n) is 5.00. The number of carboxylic acid groups (broad SMARTS) is 1. The van der Waals surface area contributed by atoms with Gasteiger partial charge in [0.1, 0.15) is 0 Å². The largest absolute Gasteiger partial charge is 0.481 e. The maximum Gasteiger partial charge on any atom is 0.307 e. The van der Waals surface area contributed by atoms with Crippen LogP contribution < -0.4 is 0 Å². The number of fused-ring (bicyclic) bond motifs is 1. The topological polar surface area (TPSA) is 42.2 Å². The summed E-state index contributed by atoms with van der Waals surface area (Å²) in [5.41, 5.74) is 3.01. The molecule has 1 N–H and O–H groups in total. The fourth-order valence-corrected chi connectivity index (χ4v) is 2.67. The molecule has 21 heavy (non-hydrogen) atoms. The summed E-state index contributed by atoms with van der Waals surface area (Å²) in [6.07, 6.45) is 1.96. The van der Waals surface area contributed by atoms with E-state index in [0.29, 0.717) is 11.6 Å². The molecule has 0 bridgehead atoms. The van der Waals surface area contributed by atoms with Crippen LogP contribution in [0.1, 0.15) is 11.1 Å². The summed E-state index contributed by atoms with van der Waals surface area (Å²) in [6.45, 7) is 0.692. The molecule has 3 nitrogen and oxygen atoms in total. The third kappa shape index (κ3) is 2.93. The first-order valence-corrected chi connectivity index (χ1v) is 7.04. The Labute approximate surface area is 127 Å². The van der Waals surface area contributed by atoms with Gasteiger partial charge in [0.05, 0.1) is 6.42 Å². The predicted octanol–water partition coefficient (Wildman–Crippen LogP) is 3.97. The first kappa shape index (κ1) is 13.7. The molecule has 2 aromatic carbocycles. The van der Waals surface area contributed by atoms with Gasteiger partial charge in [0.25, 0.3) is 0 Å². The van der Waals surface area contributed by atoms with Crippen molar-refractivity contribution in [2.45, 2.75) is 13.0 Å². The lowest BCUT2D eigenvalue weighted by molar-refractivity contribution is -0.136. The zero-order valence-electron chi connectivity index (χ0n) is 11.3. The van der Waals surface area contributed by atoms with E-state index in [0.717, 1.165) is 22.0 Å². The van der Waals surface area contributed by atoms with Crippen LogP contribution in [-0.4, -0.2) is 15.6 Å². The van der Waals surface area contributed by atoms with Crippen LogP contribution in [0.15, 0.2) is 54.7 Å². The Morgan fingerprint density at radius 3 is 2.52 bits per heavy atom. The maximum absolute atomic E-state index is 11.0. The number of carbonyl (C=O) groups is 1. The Morgan fingerprint density at radius 2 is 1.81 bits per heavy atom. The van der Waals surface area contributed by atoms with Crippen molar-refractivity contribution in [1.29, 1.82) is 0 Å². The molecule has 0 unspecified atom stereocenters. The van der Waals surface area contributed by atoms with Gasteiger partial charge in [-0.05, 0) is 29.3 Å². The van der Waals surface area contributed by atoms with Gasteiger partial charge in [0.2, 0.25) is 0 Å². The Hall–Kier alpha value is -2.26. The summed E-state index contributed by atoms with van der Waals surface area (Å²) in [4.78, 5) is 11.0. The molecule has 4 heteroatoms. The zero-order chi connectivity index (χ0) is 14.8. The van der Waals surface area contributed by atoms with Crippen molar-refractivity contribution in [3.05, 3.63) is 70.9 Å². The molecular weight excluding hydrogens is 286 g/mol. The zero-order valence-corrected chi connectivity index (χ0v) is 12.0. The quantitative estimate of drug-likeness (QED) is 0.792. The van der Waals surface area contributed by atoms with Gasteiger partial charge in [0.15, 0.2) is 0 Å². The van der Waals surface area contributed by atoms with Crippen LogP contribution in [0.3, 0.4) is 0 Å². The second-order valence-corrected chi connectivity index (χ2v) is 5.43. The fraction of sp³-hybridized carbons (Fsp3) is 0.118. The van der Waals surface area contributed by atoms with Crippen molar-refractivity contribution in [1.82, 2.24) is 4.57 Å². The number of hydrogen-bond acceptors (Lipinski definition) is 1. The minimum absolute atomic E-state index is 0.0358. The molecule has 0 saturated carbocycles. The molecule has 0 fully saturated rings. The lowest BCUT2D eigenvalue weighted by Crippen LogP contribution is -2.00. The Bertz CT molecular complexity index is 790. The highest BCUT2D eigenvalue weighted by molar-refractivity contribution is 6.30. The third-order valence-corrected chi connectivity index (χ3v) is 3.73. The summed E-state index contributed by atoms with van der Waals surface area (Å²) < 4.78 is 2.08. The van der Waals surface area contributed by atoms with Gasteiger partial charge in [0, 0.05) is 28.7 Å². The molecule has 0 saturated heterocycles. The predicted molar refractivity (Wildman–Crippen MR) is 83.8 cm³/mol. The summed E-state index contributed by atoms with van der Waals surface area (Å²) in [6, 6.07) is 15.6.